The van der Waals surface area contributed by atoms with E-state index in [1.165, 1.54) is 0 Å². The van der Waals surface area contributed by atoms with Gasteiger partial charge in [-0.1, -0.05) is 27.7 Å². The molecule has 0 spiro atoms. The molecule has 0 aliphatic heterocycles. The van der Waals surface area contributed by atoms with Crippen molar-refractivity contribution in [3.05, 3.63) is 0 Å². The number of methoxy groups -OCH3 is 1. The van der Waals surface area contributed by atoms with Crippen LogP contribution in [-0.4, -0.2) is 43.5 Å². The van der Waals surface area contributed by atoms with Gasteiger partial charge in [0.25, 0.3) is 0 Å². The molecule has 0 aliphatic rings. The predicted molar refractivity (Wildman–Crippen MR) is 72.3 cm³/mol. The van der Waals surface area contributed by atoms with Crippen LogP contribution in [0.2, 0.25) is 0 Å². The topological polar surface area (TPSA) is 29.5 Å². The largest absolute Gasteiger partial charge is 0.383 e. The van der Waals surface area contributed by atoms with Crippen molar-refractivity contribution < 1.29 is 9.53 Å². The molecule has 0 amide bonds. The summed E-state index contributed by atoms with van der Waals surface area (Å²) >= 11 is 0. The fourth-order valence-corrected chi connectivity index (χ4v) is 1.64. The van der Waals surface area contributed by atoms with E-state index in [1.54, 1.807) is 7.11 Å². The zero-order valence-corrected chi connectivity index (χ0v) is 12.4. The number of hydrogen-bond acceptors (Lipinski definition) is 3. The highest BCUT2D eigenvalue weighted by Crippen LogP contribution is 2.17. The Hall–Kier alpha value is -0.410. The minimum absolute atomic E-state index is 0.220. The molecule has 3 heteroatoms. The second-order valence-electron chi connectivity index (χ2n) is 5.71. The summed E-state index contributed by atoms with van der Waals surface area (Å²) in [4.78, 5) is 14.2. The van der Waals surface area contributed by atoms with Crippen molar-refractivity contribution in [2.45, 2.75) is 53.5 Å². The molecule has 0 bridgehead atoms. The summed E-state index contributed by atoms with van der Waals surface area (Å²) in [6.07, 6.45) is 1.74. The molecule has 0 aromatic heterocycles. The Bertz CT molecular complexity index is 221. The maximum absolute atomic E-state index is 11.9. The summed E-state index contributed by atoms with van der Waals surface area (Å²) in [7, 11) is 1.72. The molecular formula is C14H29NO2. The molecule has 0 aromatic carbocycles. The zero-order chi connectivity index (χ0) is 13.5. The SMILES string of the molecule is CCC(C)N(CCOC)CCC(=O)C(C)(C)C. The quantitative estimate of drug-likeness (QED) is 0.656. The van der Waals surface area contributed by atoms with Crippen LogP contribution in [0.25, 0.3) is 0 Å². The van der Waals surface area contributed by atoms with Gasteiger partial charge in [0.15, 0.2) is 0 Å². The average Bonchev–Trinajstić information content (AvgIpc) is 2.26. The van der Waals surface area contributed by atoms with Gasteiger partial charge in [-0.05, 0) is 13.3 Å². The zero-order valence-electron chi connectivity index (χ0n) is 12.4. The molecule has 0 aliphatic carbocycles. The number of hydrogen-bond donors (Lipinski definition) is 0. The third-order valence-electron chi connectivity index (χ3n) is 3.26. The molecule has 17 heavy (non-hydrogen) atoms. The Morgan fingerprint density at radius 1 is 1.29 bits per heavy atom. The Labute approximate surface area is 107 Å². The minimum Gasteiger partial charge on any atom is -0.383 e. The molecule has 0 rings (SSSR count). The summed E-state index contributed by atoms with van der Waals surface area (Å²) in [5, 5.41) is 0. The first-order valence-electron chi connectivity index (χ1n) is 6.59. The molecule has 0 N–H and O–H groups in total. The number of Topliss-reactive ketones (excluding diaryl/α,β-unsaturated/α-hetero) is 1. The van der Waals surface area contributed by atoms with Crippen molar-refractivity contribution in [3.8, 4) is 0 Å². The maximum atomic E-state index is 11.9. The molecule has 102 valence electrons. The second kappa shape index (κ2) is 7.83. The van der Waals surface area contributed by atoms with E-state index >= 15 is 0 Å². The van der Waals surface area contributed by atoms with E-state index in [4.69, 9.17) is 4.74 Å². The van der Waals surface area contributed by atoms with Gasteiger partial charge in [-0.25, -0.2) is 0 Å². The summed E-state index contributed by atoms with van der Waals surface area (Å²) in [5.41, 5.74) is -0.220. The monoisotopic (exact) mass is 243 g/mol. The number of nitrogens with zero attached hydrogens (tertiary/aromatic N) is 1. The molecule has 1 atom stereocenters. The van der Waals surface area contributed by atoms with Crippen LogP contribution in [0.15, 0.2) is 0 Å². The molecule has 0 aromatic rings. The van der Waals surface area contributed by atoms with Crippen LogP contribution >= 0.6 is 0 Å². The lowest BCUT2D eigenvalue weighted by Crippen LogP contribution is -2.38. The Kier molecular flexibility index (Phi) is 7.64. The van der Waals surface area contributed by atoms with Crippen LogP contribution in [0.3, 0.4) is 0 Å². The highest BCUT2D eigenvalue weighted by atomic mass is 16.5. The van der Waals surface area contributed by atoms with E-state index in [0.717, 1.165) is 26.1 Å². The van der Waals surface area contributed by atoms with E-state index in [-0.39, 0.29) is 5.41 Å². The molecule has 0 radical (unpaired) electrons. The van der Waals surface area contributed by atoms with Crippen LogP contribution in [0.5, 0.6) is 0 Å². The van der Waals surface area contributed by atoms with E-state index < -0.39 is 0 Å². The third-order valence-corrected chi connectivity index (χ3v) is 3.26. The first-order chi connectivity index (χ1) is 7.82. The number of ketones is 1. The predicted octanol–water partition coefficient (Wildman–Crippen LogP) is 2.74. The summed E-state index contributed by atoms with van der Waals surface area (Å²) in [5.74, 6) is 0.336. The lowest BCUT2D eigenvalue weighted by molar-refractivity contribution is -0.126. The average molecular weight is 243 g/mol. The van der Waals surface area contributed by atoms with Gasteiger partial charge in [-0.2, -0.15) is 0 Å². The summed E-state index contributed by atoms with van der Waals surface area (Å²) in [6.45, 7) is 12.8. The number of ether oxygens (including phenoxy) is 1. The Morgan fingerprint density at radius 2 is 1.88 bits per heavy atom. The Balaban J connectivity index is 4.20. The van der Waals surface area contributed by atoms with E-state index in [0.29, 0.717) is 18.2 Å². The number of carbonyl (C=O) groups excluding carboxylic acids is 1. The first-order valence-corrected chi connectivity index (χ1v) is 6.59. The minimum atomic E-state index is -0.220. The fraction of sp³-hybridized carbons (Fsp3) is 0.929. The number of carbonyl (C=O) groups is 1. The maximum Gasteiger partial charge on any atom is 0.139 e. The third kappa shape index (κ3) is 6.79. The van der Waals surface area contributed by atoms with Crippen molar-refractivity contribution in [2.24, 2.45) is 5.41 Å². The fourth-order valence-electron chi connectivity index (χ4n) is 1.64. The van der Waals surface area contributed by atoms with Crippen molar-refractivity contribution in [2.75, 3.05) is 26.8 Å². The molecule has 3 nitrogen and oxygen atoms in total. The second-order valence-corrected chi connectivity index (χ2v) is 5.71. The standard InChI is InChI=1S/C14H29NO2/c1-7-12(2)15(10-11-17-6)9-8-13(16)14(3,4)5/h12H,7-11H2,1-6H3. The van der Waals surface area contributed by atoms with Gasteiger partial charge in [0, 0.05) is 38.1 Å². The van der Waals surface area contributed by atoms with Gasteiger partial charge in [-0.3, -0.25) is 9.69 Å². The lowest BCUT2D eigenvalue weighted by Gasteiger charge is -2.29. The highest BCUT2D eigenvalue weighted by Gasteiger charge is 2.22. The van der Waals surface area contributed by atoms with Crippen molar-refractivity contribution in [1.29, 1.82) is 0 Å². The molecule has 1 unspecified atom stereocenters. The van der Waals surface area contributed by atoms with E-state index in [2.05, 4.69) is 18.7 Å². The normalized spacial score (nSPS) is 14.1. The van der Waals surface area contributed by atoms with Crippen LogP contribution in [0.4, 0.5) is 0 Å². The van der Waals surface area contributed by atoms with Gasteiger partial charge >= 0.3 is 0 Å². The molecule has 0 saturated heterocycles. The summed E-state index contributed by atoms with van der Waals surface area (Å²) in [6, 6.07) is 0.512. The van der Waals surface area contributed by atoms with Crippen LogP contribution in [-0.2, 0) is 9.53 Å². The molecule has 0 saturated carbocycles. The van der Waals surface area contributed by atoms with Gasteiger partial charge in [0.05, 0.1) is 6.61 Å². The van der Waals surface area contributed by atoms with Crippen molar-refractivity contribution in [1.82, 2.24) is 4.90 Å². The summed E-state index contributed by atoms with van der Waals surface area (Å²) < 4.78 is 5.11. The van der Waals surface area contributed by atoms with Gasteiger partial charge in [0.2, 0.25) is 0 Å². The van der Waals surface area contributed by atoms with Gasteiger partial charge in [-0.15, -0.1) is 0 Å². The van der Waals surface area contributed by atoms with Crippen LogP contribution in [0, 0.1) is 5.41 Å². The van der Waals surface area contributed by atoms with E-state index in [9.17, 15) is 4.79 Å². The van der Waals surface area contributed by atoms with Gasteiger partial charge in [0.1, 0.15) is 5.78 Å². The Morgan fingerprint density at radius 3 is 2.29 bits per heavy atom. The molecule has 0 fully saturated rings. The van der Waals surface area contributed by atoms with Crippen molar-refractivity contribution in [3.63, 3.8) is 0 Å². The van der Waals surface area contributed by atoms with Crippen LogP contribution < -0.4 is 0 Å². The van der Waals surface area contributed by atoms with Crippen LogP contribution in [0.1, 0.15) is 47.5 Å². The first kappa shape index (κ1) is 16.6. The molecular weight excluding hydrogens is 214 g/mol. The van der Waals surface area contributed by atoms with Crippen molar-refractivity contribution >= 4 is 5.78 Å². The lowest BCUT2D eigenvalue weighted by atomic mass is 9.89. The number of rotatable bonds is 8. The molecule has 0 heterocycles. The van der Waals surface area contributed by atoms with E-state index in [1.807, 2.05) is 20.8 Å². The highest BCUT2D eigenvalue weighted by molar-refractivity contribution is 5.83. The van der Waals surface area contributed by atoms with Gasteiger partial charge < -0.3 is 4.74 Å². The smallest absolute Gasteiger partial charge is 0.139 e.